The Morgan fingerprint density at radius 3 is 2.62 bits per heavy atom. The Morgan fingerprint density at radius 2 is 1.95 bits per heavy atom. The molecule has 2 rings (SSSR count). The Morgan fingerprint density at radius 1 is 1.24 bits per heavy atom. The van der Waals surface area contributed by atoms with Crippen LogP contribution in [-0.4, -0.2) is 54.6 Å². The summed E-state index contributed by atoms with van der Waals surface area (Å²) >= 11 is 0. The summed E-state index contributed by atoms with van der Waals surface area (Å²) in [5, 5.41) is 0. The van der Waals surface area contributed by atoms with Crippen molar-refractivity contribution in [2.75, 3.05) is 32.8 Å². The Balaban J connectivity index is 1.87. The van der Waals surface area contributed by atoms with Crippen LogP contribution in [0.1, 0.15) is 30.6 Å². The van der Waals surface area contributed by atoms with Crippen molar-refractivity contribution in [2.24, 2.45) is 5.92 Å². The van der Waals surface area contributed by atoms with Gasteiger partial charge in [0.2, 0.25) is 0 Å². The lowest BCUT2D eigenvalue weighted by Crippen LogP contribution is -2.37. The van der Waals surface area contributed by atoms with Crippen LogP contribution in [0.2, 0.25) is 0 Å². The van der Waals surface area contributed by atoms with E-state index in [4.69, 9.17) is 9.15 Å². The molecule has 1 saturated heterocycles. The molecule has 0 aliphatic carbocycles. The topological polar surface area (TPSA) is 63.0 Å². The number of carbonyl (C=O) groups is 2. The maximum Gasteiger partial charge on any atom is 0.409 e. The molecule has 0 saturated carbocycles. The van der Waals surface area contributed by atoms with E-state index in [9.17, 15) is 9.59 Å². The zero-order valence-corrected chi connectivity index (χ0v) is 12.6. The molecule has 6 heteroatoms. The maximum absolute atomic E-state index is 12.2. The number of hydrogen-bond acceptors (Lipinski definition) is 4. The Kier molecular flexibility index (Phi) is 5.25. The second-order valence-corrected chi connectivity index (χ2v) is 5.62. The van der Waals surface area contributed by atoms with Crippen LogP contribution in [0.3, 0.4) is 0 Å². The van der Waals surface area contributed by atoms with Gasteiger partial charge in [0.15, 0.2) is 0 Å². The molecule has 2 heterocycles. The van der Waals surface area contributed by atoms with Crippen LogP contribution in [-0.2, 0) is 4.74 Å². The van der Waals surface area contributed by atoms with Gasteiger partial charge in [0.05, 0.1) is 18.4 Å². The first-order chi connectivity index (χ1) is 10.1. The number of rotatable bonds is 3. The highest BCUT2D eigenvalue weighted by Crippen LogP contribution is 2.11. The molecule has 1 aliphatic heterocycles. The Labute approximate surface area is 124 Å². The van der Waals surface area contributed by atoms with Gasteiger partial charge in [0.25, 0.3) is 5.91 Å². The molecule has 2 amide bonds. The second-order valence-electron chi connectivity index (χ2n) is 5.62. The molecule has 0 N–H and O–H groups in total. The molecule has 0 bridgehead atoms. The summed E-state index contributed by atoms with van der Waals surface area (Å²) in [6.45, 7) is 6.69. The smallest absolute Gasteiger partial charge is 0.409 e. The molecular formula is C15H22N2O4. The molecule has 0 radical (unpaired) electrons. The van der Waals surface area contributed by atoms with E-state index in [-0.39, 0.29) is 12.0 Å². The number of furan rings is 1. The van der Waals surface area contributed by atoms with E-state index in [1.165, 1.54) is 12.5 Å². The molecule has 1 aliphatic rings. The SMILES string of the molecule is CC(C)COC(=O)N1CCCN(C(=O)c2ccoc2)CC1. The fourth-order valence-electron chi connectivity index (χ4n) is 2.20. The minimum atomic E-state index is -0.290. The van der Waals surface area contributed by atoms with Crippen molar-refractivity contribution in [1.82, 2.24) is 9.80 Å². The summed E-state index contributed by atoms with van der Waals surface area (Å²) in [7, 11) is 0. The zero-order valence-electron chi connectivity index (χ0n) is 12.6. The summed E-state index contributed by atoms with van der Waals surface area (Å²) in [4.78, 5) is 27.6. The van der Waals surface area contributed by atoms with E-state index in [0.717, 1.165) is 6.42 Å². The first-order valence-electron chi connectivity index (χ1n) is 7.31. The Hall–Kier alpha value is -1.98. The van der Waals surface area contributed by atoms with Crippen molar-refractivity contribution in [1.29, 1.82) is 0 Å². The Bertz CT molecular complexity index is 470. The fraction of sp³-hybridized carbons (Fsp3) is 0.600. The van der Waals surface area contributed by atoms with Crippen molar-refractivity contribution >= 4 is 12.0 Å². The lowest BCUT2D eigenvalue weighted by Gasteiger charge is -2.21. The predicted octanol–water partition coefficient (Wildman–Crippen LogP) is 2.22. The van der Waals surface area contributed by atoms with Gasteiger partial charge in [-0.3, -0.25) is 4.79 Å². The van der Waals surface area contributed by atoms with E-state index in [1.54, 1.807) is 15.9 Å². The molecule has 6 nitrogen and oxygen atoms in total. The third-order valence-corrected chi connectivity index (χ3v) is 3.35. The molecule has 1 fully saturated rings. The largest absolute Gasteiger partial charge is 0.472 e. The van der Waals surface area contributed by atoms with E-state index in [0.29, 0.717) is 44.3 Å². The summed E-state index contributed by atoms with van der Waals surface area (Å²) in [6, 6.07) is 1.65. The van der Waals surface area contributed by atoms with Gasteiger partial charge in [0, 0.05) is 26.2 Å². The zero-order chi connectivity index (χ0) is 15.2. The van der Waals surface area contributed by atoms with E-state index in [1.807, 2.05) is 13.8 Å². The number of ether oxygens (including phenoxy) is 1. The number of hydrogen-bond donors (Lipinski definition) is 0. The van der Waals surface area contributed by atoms with Gasteiger partial charge in [-0.05, 0) is 18.4 Å². The highest BCUT2D eigenvalue weighted by Gasteiger charge is 2.24. The van der Waals surface area contributed by atoms with Crippen molar-refractivity contribution in [3.8, 4) is 0 Å². The molecule has 0 atom stereocenters. The van der Waals surface area contributed by atoms with Gasteiger partial charge in [-0.2, -0.15) is 0 Å². The average molecular weight is 294 g/mol. The van der Waals surface area contributed by atoms with Crippen molar-refractivity contribution in [3.05, 3.63) is 24.2 Å². The van der Waals surface area contributed by atoms with Crippen molar-refractivity contribution < 1.29 is 18.7 Å². The molecule has 21 heavy (non-hydrogen) atoms. The molecule has 1 aromatic rings. The molecule has 0 aromatic carbocycles. The van der Waals surface area contributed by atoms with Gasteiger partial charge in [-0.15, -0.1) is 0 Å². The van der Waals surface area contributed by atoms with E-state index >= 15 is 0 Å². The number of amides is 2. The third-order valence-electron chi connectivity index (χ3n) is 3.35. The monoisotopic (exact) mass is 294 g/mol. The summed E-state index contributed by atoms with van der Waals surface area (Å²) < 4.78 is 10.2. The summed E-state index contributed by atoms with van der Waals surface area (Å²) in [6.07, 6.45) is 3.39. The fourth-order valence-corrected chi connectivity index (χ4v) is 2.20. The average Bonchev–Trinajstić information content (AvgIpc) is 2.88. The van der Waals surface area contributed by atoms with Crippen LogP contribution < -0.4 is 0 Å². The molecular weight excluding hydrogens is 272 g/mol. The lowest BCUT2D eigenvalue weighted by molar-refractivity contribution is 0.0745. The van der Waals surface area contributed by atoms with Crippen LogP contribution in [0, 0.1) is 5.92 Å². The molecule has 0 spiro atoms. The third kappa shape index (κ3) is 4.24. The quantitative estimate of drug-likeness (QED) is 0.857. The summed E-state index contributed by atoms with van der Waals surface area (Å²) in [5.74, 6) is 0.265. The second kappa shape index (κ2) is 7.15. The number of nitrogens with zero attached hydrogens (tertiary/aromatic N) is 2. The molecule has 0 unspecified atom stereocenters. The van der Waals surface area contributed by atoms with Crippen LogP contribution in [0.4, 0.5) is 4.79 Å². The van der Waals surface area contributed by atoms with Crippen LogP contribution in [0.5, 0.6) is 0 Å². The highest BCUT2D eigenvalue weighted by atomic mass is 16.6. The van der Waals surface area contributed by atoms with Gasteiger partial charge in [-0.25, -0.2) is 4.79 Å². The first kappa shape index (κ1) is 15.4. The summed E-state index contributed by atoms with van der Waals surface area (Å²) in [5.41, 5.74) is 0.547. The van der Waals surface area contributed by atoms with Gasteiger partial charge in [0.1, 0.15) is 6.26 Å². The van der Waals surface area contributed by atoms with Crippen LogP contribution in [0.25, 0.3) is 0 Å². The number of carbonyl (C=O) groups excluding carboxylic acids is 2. The van der Waals surface area contributed by atoms with Crippen LogP contribution >= 0.6 is 0 Å². The maximum atomic E-state index is 12.2. The van der Waals surface area contributed by atoms with Crippen molar-refractivity contribution in [3.63, 3.8) is 0 Å². The van der Waals surface area contributed by atoms with Crippen LogP contribution in [0.15, 0.2) is 23.0 Å². The molecule has 1 aromatic heterocycles. The normalized spacial score (nSPS) is 16.0. The lowest BCUT2D eigenvalue weighted by atomic mass is 10.2. The van der Waals surface area contributed by atoms with Gasteiger partial charge >= 0.3 is 6.09 Å². The molecule has 116 valence electrons. The minimum Gasteiger partial charge on any atom is -0.472 e. The standard InChI is InChI=1S/C15H22N2O4/c1-12(2)10-21-15(19)17-6-3-5-16(7-8-17)14(18)13-4-9-20-11-13/h4,9,11-12H,3,5-8,10H2,1-2H3. The first-order valence-corrected chi connectivity index (χ1v) is 7.31. The minimum absolute atomic E-state index is 0.0545. The van der Waals surface area contributed by atoms with E-state index < -0.39 is 0 Å². The van der Waals surface area contributed by atoms with Crippen molar-refractivity contribution in [2.45, 2.75) is 20.3 Å². The van der Waals surface area contributed by atoms with Gasteiger partial charge in [-0.1, -0.05) is 13.8 Å². The predicted molar refractivity (Wildman–Crippen MR) is 77.0 cm³/mol. The van der Waals surface area contributed by atoms with Gasteiger partial charge < -0.3 is 19.0 Å². The highest BCUT2D eigenvalue weighted by molar-refractivity contribution is 5.93. The van der Waals surface area contributed by atoms with E-state index in [2.05, 4.69) is 0 Å².